The van der Waals surface area contributed by atoms with E-state index in [2.05, 4.69) is 25.3 Å². The molecule has 0 fully saturated rings. The standard InChI is InChI=1S/C41H81O8P/c1-4-5-6-7-8-9-10-15-20-23-26-29-32-35-41(43)49-39(37-48-50(44,45)46)36-47-40(42)34-31-28-25-22-19-17-14-12-11-13-16-18-21-24-27-30-33-38(2)3/h38-39H,4-37H2,1-3H3,(H2,44,45,46)/t39-/m1/s1. The summed E-state index contributed by atoms with van der Waals surface area (Å²) in [5, 5.41) is 0. The number of phosphoric ester groups is 1. The van der Waals surface area contributed by atoms with Crippen molar-refractivity contribution in [2.24, 2.45) is 5.92 Å². The van der Waals surface area contributed by atoms with Crippen LogP contribution < -0.4 is 0 Å². The quantitative estimate of drug-likeness (QED) is 0.0364. The molecule has 9 heteroatoms. The molecule has 0 heterocycles. The zero-order chi connectivity index (χ0) is 37.0. The number of unbranched alkanes of at least 4 members (excludes halogenated alkanes) is 27. The minimum atomic E-state index is -4.74. The number of ether oxygens (including phenoxy) is 2. The second kappa shape index (κ2) is 36.4. The molecule has 0 spiro atoms. The molecule has 0 bridgehead atoms. The van der Waals surface area contributed by atoms with E-state index in [4.69, 9.17) is 19.3 Å². The van der Waals surface area contributed by atoms with Gasteiger partial charge in [0.25, 0.3) is 0 Å². The first-order valence-electron chi connectivity index (χ1n) is 21.2. The number of carbonyl (C=O) groups excluding carboxylic acids is 2. The highest BCUT2D eigenvalue weighted by molar-refractivity contribution is 7.46. The van der Waals surface area contributed by atoms with Crippen LogP contribution in [-0.4, -0.2) is 41.0 Å². The molecule has 0 aromatic carbocycles. The predicted molar refractivity (Wildman–Crippen MR) is 207 cm³/mol. The molecular weight excluding hydrogens is 651 g/mol. The van der Waals surface area contributed by atoms with Crippen molar-refractivity contribution in [3.63, 3.8) is 0 Å². The number of phosphoric acid groups is 1. The van der Waals surface area contributed by atoms with Crippen LogP contribution in [-0.2, 0) is 28.2 Å². The van der Waals surface area contributed by atoms with Crippen molar-refractivity contribution >= 4 is 19.8 Å². The number of rotatable bonds is 39. The summed E-state index contributed by atoms with van der Waals surface area (Å²) in [5.41, 5.74) is 0. The number of hydrogen-bond donors (Lipinski definition) is 2. The fourth-order valence-corrected chi connectivity index (χ4v) is 6.74. The average molecular weight is 733 g/mol. The Morgan fingerprint density at radius 1 is 0.500 bits per heavy atom. The smallest absolute Gasteiger partial charge is 0.462 e. The van der Waals surface area contributed by atoms with Crippen molar-refractivity contribution in [3.05, 3.63) is 0 Å². The Hall–Kier alpha value is -0.950. The zero-order valence-corrected chi connectivity index (χ0v) is 33.9. The third-order valence-electron chi connectivity index (χ3n) is 9.55. The van der Waals surface area contributed by atoms with Gasteiger partial charge in [-0.3, -0.25) is 14.1 Å². The molecule has 0 amide bonds. The fraction of sp³-hybridized carbons (Fsp3) is 0.951. The lowest BCUT2D eigenvalue weighted by atomic mass is 10.0. The van der Waals surface area contributed by atoms with E-state index in [1.807, 2.05) is 0 Å². The minimum Gasteiger partial charge on any atom is -0.462 e. The van der Waals surface area contributed by atoms with Gasteiger partial charge in [0.15, 0.2) is 6.10 Å². The molecule has 1 atom stereocenters. The highest BCUT2D eigenvalue weighted by Crippen LogP contribution is 2.36. The maximum absolute atomic E-state index is 12.4. The summed E-state index contributed by atoms with van der Waals surface area (Å²) < 4.78 is 26.4. The molecule has 298 valence electrons. The Bertz CT molecular complexity index is 799. The van der Waals surface area contributed by atoms with Gasteiger partial charge in [0.1, 0.15) is 6.61 Å². The molecule has 0 aromatic rings. The van der Waals surface area contributed by atoms with Crippen molar-refractivity contribution in [2.75, 3.05) is 13.2 Å². The summed E-state index contributed by atoms with van der Waals surface area (Å²) in [4.78, 5) is 42.8. The lowest BCUT2D eigenvalue weighted by Crippen LogP contribution is -2.29. The van der Waals surface area contributed by atoms with Gasteiger partial charge in [-0.1, -0.05) is 201 Å². The van der Waals surface area contributed by atoms with Gasteiger partial charge in [-0.2, -0.15) is 0 Å². The minimum absolute atomic E-state index is 0.219. The summed E-state index contributed by atoms with van der Waals surface area (Å²) >= 11 is 0. The van der Waals surface area contributed by atoms with Crippen molar-refractivity contribution < 1.29 is 37.9 Å². The molecule has 0 aliphatic heterocycles. The molecule has 8 nitrogen and oxygen atoms in total. The van der Waals surface area contributed by atoms with Crippen LogP contribution in [0.15, 0.2) is 0 Å². The summed E-state index contributed by atoms with van der Waals surface area (Å²) in [7, 11) is -4.74. The molecule has 0 radical (unpaired) electrons. The topological polar surface area (TPSA) is 119 Å². The van der Waals surface area contributed by atoms with E-state index < -0.39 is 32.5 Å². The van der Waals surface area contributed by atoms with E-state index in [0.29, 0.717) is 6.42 Å². The lowest BCUT2D eigenvalue weighted by molar-refractivity contribution is -0.161. The third kappa shape index (κ3) is 39.8. The van der Waals surface area contributed by atoms with E-state index in [1.54, 1.807) is 0 Å². The van der Waals surface area contributed by atoms with Gasteiger partial charge in [-0.15, -0.1) is 0 Å². The van der Waals surface area contributed by atoms with Crippen LogP contribution in [0.4, 0.5) is 0 Å². The Balaban J connectivity index is 3.83. The van der Waals surface area contributed by atoms with Gasteiger partial charge in [0.2, 0.25) is 0 Å². The van der Waals surface area contributed by atoms with Gasteiger partial charge < -0.3 is 19.3 Å². The van der Waals surface area contributed by atoms with Crippen molar-refractivity contribution in [3.8, 4) is 0 Å². The second-order valence-corrected chi connectivity index (χ2v) is 16.4. The second-order valence-electron chi connectivity index (χ2n) is 15.2. The van der Waals surface area contributed by atoms with Crippen LogP contribution in [0.1, 0.15) is 226 Å². The maximum Gasteiger partial charge on any atom is 0.469 e. The fourth-order valence-electron chi connectivity index (χ4n) is 6.38. The Morgan fingerprint density at radius 2 is 0.840 bits per heavy atom. The molecule has 0 aromatic heterocycles. The molecular formula is C41H81O8P. The van der Waals surface area contributed by atoms with E-state index in [1.165, 1.54) is 154 Å². The Morgan fingerprint density at radius 3 is 1.20 bits per heavy atom. The summed E-state index contributed by atoms with van der Waals surface area (Å²) in [6, 6.07) is 0. The van der Waals surface area contributed by atoms with Crippen LogP contribution >= 0.6 is 7.82 Å². The normalized spacial score (nSPS) is 12.4. The number of carbonyl (C=O) groups is 2. The van der Waals surface area contributed by atoms with Crippen LogP contribution in [0.25, 0.3) is 0 Å². The van der Waals surface area contributed by atoms with E-state index in [9.17, 15) is 14.2 Å². The zero-order valence-electron chi connectivity index (χ0n) is 33.0. The molecule has 0 aliphatic rings. The predicted octanol–water partition coefficient (Wildman–Crippen LogP) is 12.7. The summed E-state index contributed by atoms with van der Waals surface area (Å²) in [6.07, 6.45) is 36.8. The Kier molecular flexibility index (Phi) is 35.7. The average Bonchev–Trinajstić information content (AvgIpc) is 3.07. The van der Waals surface area contributed by atoms with Gasteiger partial charge >= 0.3 is 19.8 Å². The van der Waals surface area contributed by atoms with Crippen LogP contribution in [0.5, 0.6) is 0 Å². The lowest BCUT2D eigenvalue weighted by Gasteiger charge is -2.18. The van der Waals surface area contributed by atoms with Crippen molar-refractivity contribution in [1.82, 2.24) is 0 Å². The molecule has 0 aliphatic carbocycles. The molecule has 0 saturated heterocycles. The highest BCUT2D eigenvalue weighted by Gasteiger charge is 2.23. The van der Waals surface area contributed by atoms with E-state index in [-0.39, 0.29) is 19.4 Å². The molecule has 2 N–H and O–H groups in total. The van der Waals surface area contributed by atoms with Crippen LogP contribution in [0.3, 0.4) is 0 Å². The molecule has 0 rings (SSSR count). The van der Waals surface area contributed by atoms with Gasteiger partial charge in [-0.05, 0) is 18.8 Å². The first kappa shape index (κ1) is 49.0. The third-order valence-corrected chi connectivity index (χ3v) is 10.0. The summed E-state index contributed by atoms with van der Waals surface area (Å²) in [5.74, 6) is -0.0258. The summed E-state index contributed by atoms with van der Waals surface area (Å²) in [6.45, 7) is 6.06. The SMILES string of the molecule is CCCCCCCCCCCCCCCC(=O)O[C@H](COC(=O)CCCCCCCCCCCCCCCCCCC(C)C)COP(=O)(O)O. The number of hydrogen-bond acceptors (Lipinski definition) is 6. The van der Waals surface area contributed by atoms with Crippen LogP contribution in [0, 0.1) is 5.92 Å². The Labute approximate surface area is 308 Å². The highest BCUT2D eigenvalue weighted by atomic mass is 31.2. The molecule has 0 unspecified atom stereocenters. The van der Waals surface area contributed by atoms with Crippen molar-refractivity contribution in [2.45, 2.75) is 232 Å². The molecule has 50 heavy (non-hydrogen) atoms. The first-order chi connectivity index (χ1) is 24.1. The first-order valence-corrected chi connectivity index (χ1v) is 22.7. The maximum atomic E-state index is 12.4. The van der Waals surface area contributed by atoms with Gasteiger partial charge in [0, 0.05) is 12.8 Å². The van der Waals surface area contributed by atoms with Gasteiger partial charge in [0.05, 0.1) is 6.61 Å². The van der Waals surface area contributed by atoms with E-state index in [0.717, 1.165) is 38.0 Å². The monoisotopic (exact) mass is 733 g/mol. The van der Waals surface area contributed by atoms with Gasteiger partial charge in [-0.25, -0.2) is 4.57 Å². The largest absolute Gasteiger partial charge is 0.469 e. The molecule has 0 saturated carbocycles. The number of esters is 2. The van der Waals surface area contributed by atoms with E-state index >= 15 is 0 Å². The van der Waals surface area contributed by atoms with Crippen LogP contribution in [0.2, 0.25) is 0 Å². The van der Waals surface area contributed by atoms with Crippen molar-refractivity contribution in [1.29, 1.82) is 0 Å².